The van der Waals surface area contributed by atoms with Crippen LogP contribution in [0.5, 0.6) is 0 Å². The second-order valence-electron chi connectivity index (χ2n) is 4.38. The second kappa shape index (κ2) is 6.36. The molecule has 16 heavy (non-hydrogen) atoms. The fourth-order valence-corrected chi connectivity index (χ4v) is 3.72. The molecule has 1 N–H and O–H groups in total. The lowest BCUT2D eigenvalue weighted by Crippen LogP contribution is -2.40. The Morgan fingerprint density at radius 3 is 3.06 bits per heavy atom. The normalized spacial score (nSPS) is 25.8. The van der Waals surface area contributed by atoms with Crippen molar-refractivity contribution < 1.29 is 4.42 Å². The molecule has 1 heterocycles. The first-order valence-electron chi connectivity index (χ1n) is 6.27. The van der Waals surface area contributed by atoms with E-state index in [9.17, 15) is 0 Å². The first-order valence-corrected chi connectivity index (χ1v) is 7.32. The number of hydrogen-bond donors (Lipinski definition) is 1. The molecule has 0 spiro atoms. The van der Waals surface area contributed by atoms with Gasteiger partial charge in [0.2, 0.25) is 0 Å². The standard InChI is InChI=1S/C13H21NOS/c1-2-14-12-7-3-4-8-13(12)16-10-11-6-5-9-15-11/h5-6,9,12-14H,2-4,7-8,10H2,1H3. The van der Waals surface area contributed by atoms with E-state index in [2.05, 4.69) is 18.3 Å². The Kier molecular flexibility index (Phi) is 4.79. The summed E-state index contributed by atoms with van der Waals surface area (Å²) in [5, 5.41) is 4.38. The average Bonchev–Trinajstić information content (AvgIpc) is 2.81. The Morgan fingerprint density at radius 1 is 1.44 bits per heavy atom. The molecule has 1 aliphatic rings. The molecule has 1 aromatic heterocycles. The molecule has 0 aromatic carbocycles. The predicted molar refractivity (Wildman–Crippen MR) is 69.7 cm³/mol. The molecule has 2 rings (SSSR count). The van der Waals surface area contributed by atoms with Crippen molar-refractivity contribution in [3.63, 3.8) is 0 Å². The van der Waals surface area contributed by atoms with Gasteiger partial charge in [-0.15, -0.1) is 11.8 Å². The van der Waals surface area contributed by atoms with Crippen molar-refractivity contribution in [1.29, 1.82) is 0 Å². The number of nitrogens with one attached hydrogen (secondary N) is 1. The molecule has 0 bridgehead atoms. The van der Waals surface area contributed by atoms with Crippen LogP contribution in [-0.2, 0) is 5.75 Å². The Bertz CT molecular complexity index is 284. The molecule has 2 atom stereocenters. The summed E-state index contributed by atoms with van der Waals surface area (Å²) < 4.78 is 5.38. The molecule has 3 heteroatoms. The number of thioether (sulfide) groups is 1. The van der Waals surface area contributed by atoms with Crippen LogP contribution in [0.15, 0.2) is 22.8 Å². The first-order chi connectivity index (χ1) is 7.90. The van der Waals surface area contributed by atoms with Crippen molar-refractivity contribution in [2.45, 2.75) is 49.7 Å². The Balaban J connectivity index is 1.81. The Morgan fingerprint density at radius 2 is 2.31 bits per heavy atom. The van der Waals surface area contributed by atoms with Gasteiger partial charge >= 0.3 is 0 Å². The number of hydrogen-bond acceptors (Lipinski definition) is 3. The van der Waals surface area contributed by atoms with E-state index in [1.165, 1.54) is 25.7 Å². The lowest BCUT2D eigenvalue weighted by atomic mass is 9.95. The fraction of sp³-hybridized carbons (Fsp3) is 0.692. The van der Waals surface area contributed by atoms with Gasteiger partial charge in [-0.05, 0) is 31.5 Å². The molecular weight excluding hydrogens is 218 g/mol. The van der Waals surface area contributed by atoms with E-state index in [0.29, 0.717) is 6.04 Å². The molecule has 2 unspecified atom stereocenters. The predicted octanol–water partition coefficient (Wildman–Crippen LogP) is 3.43. The summed E-state index contributed by atoms with van der Waals surface area (Å²) in [6, 6.07) is 4.75. The summed E-state index contributed by atoms with van der Waals surface area (Å²) in [4.78, 5) is 0. The van der Waals surface area contributed by atoms with Gasteiger partial charge in [0.1, 0.15) is 5.76 Å². The number of rotatable bonds is 5. The van der Waals surface area contributed by atoms with Crippen LogP contribution in [0.2, 0.25) is 0 Å². The zero-order chi connectivity index (χ0) is 11.2. The Hall–Kier alpha value is -0.410. The average molecular weight is 239 g/mol. The van der Waals surface area contributed by atoms with Crippen LogP contribution >= 0.6 is 11.8 Å². The third-order valence-electron chi connectivity index (χ3n) is 3.19. The molecule has 1 fully saturated rings. The van der Waals surface area contributed by atoms with Gasteiger partial charge in [0, 0.05) is 11.3 Å². The largest absolute Gasteiger partial charge is 0.468 e. The molecular formula is C13H21NOS. The van der Waals surface area contributed by atoms with Gasteiger partial charge < -0.3 is 9.73 Å². The van der Waals surface area contributed by atoms with Gasteiger partial charge in [-0.3, -0.25) is 0 Å². The van der Waals surface area contributed by atoms with Gasteiger partial charge in [-0.25, -0.2) is 0 Å². The van der Waals surface area contributed by atoms with E-state index >= 15 is 0 Å². The van der Waals surface area contributed by atoms with Gasteiger partial charge in [0.25, 0.3) is 0 Å². The molecule has 1 aromatic rings. The summed E-state index contributed by atoms with van der Waals surface area (Å²) in [6.07, 6.45) is 7.22. The molecule has 1 saturated carbocycles. The molecule has 0 amide bonds. The Labute approximate surface area is 102 Å². The quantitative estimate of drug-likeness (QED) is 0.852. The second-order valence-corrected chi connectivity index (χ2v) is 5.60. The van der Waals surface area contributed by atoms with Crippen molar-refractivity contribution in [3.8, 4) is 0 Å². The van der Waals surface area contributed by atoms with Gasteiger partial charge in [0.15, 0.2) is 0 Å². The maximum atomic E-state index is 5.38. The highest BCUT2D eigenvalue weighted by Crippen LogP contribution is 2.30. The van der Waals surface area contributed by atoms with Crippen molar-refractivity contribution in [1.82, 2.24) is 5.32 Å². The zero-order valence-corrected chi connectivity index (χ0v) is 10.8. The van der Waals surface area contributed by atoms with Gasteiger partial charge in [0.05, 0.1) is 12.0 Å². The third-order valence-corrected chi connectivity index (χ3v) is 4.63. The van der Waals surface area contributed by atoms with Crippen molar-refractivity contribution in [2.75, 3.05) is 6.54 Å². The summed E-state index contributed by atoms with van der Waals surface area (Å²) in [5.74, 6) is 2.12. The molecule has 1 aliphatic carbocycles. The monoisotopic (exact) mass is 239 g/mol. The smallest absolute Gasteiger partial charge is 0.113 e. The van der Waals surface area contributed by atoms with Crippen molar-refractivity contribution in [3.05, 3.63) is 24.2 Å². The summed E-state index contributed by atoms with van der Waals surface area (Å²) in [6.45, 7) is 3.28. The molecule has 0 aliphatic heterocycles. The summed E-state index contributed by atoms with van der Waals surface area (Å²) >= 11 is 2.05. The van der Waals surface area contributed by atoms with E-state index in [-0.39, 0.29) is 0 Å². The van der Waals surface area contributed by atoms with Crippen LogP contribution in [0.1, 0.15) is 38.4 Å². The minimum Gasteiger partial charge on any atom is -0.468 e. The molecule has 90 valence electrons. The fourth-order valence-electron chi connectivity index (χ4n) is 2.38. The van der Waals surface area contributed by atoms with Crippen LogP contribution in [0.3, 0.4) is 0 Å². The van der Waals surface area contributed by atoms with Crippen LogP contribution < -0.4 is 5.32 Å². The van der Waals surface area contributed by atoms with Gasteiger partial charge in [-0.2, -0.15) is 0 Å². The van der Waals surface area contributed by atoms with Crippen LogP contribution in [0.4, 0.5) is 0 Å². The summed E-state index contributed by atoms with van der Waals surface area (Å²) in [7, 11) is 0. The number of furan rings is 1. The van der Waals surface area contributed by atoms with E-state index in [1.54, 1.807) is 6.26 Å². The molecule has 0 saturated heterocycles. The zero-order valence-electron chi connectivity index (χ0n) is 9.95. The maximum absolute atomic E-state index is 5.38. The SMILES string of the molecule is CCNC1CCCCC1SCc1ccco1. The van der Waals surface area contributed by atoms with Gasteiger partial charge in [-0.1, -0.05) is 19.8 Å². The molecule has 2 nitrogen and oxygen atoms in total. The van der Waals surface area contributed by atoms with E-state index in [1.807, 2.05) is 17.8 Å². The van der Waals surface area contributed by atoms with Crippen molar-refractivity contribution in [2.24, 2.45) is 0 Å². The first kappa shape index (κ1) is 12.1. The third kappa shape index (κ3) is 3.29. The van der Waals surface area contributed by atoms with Crippen LogP contribution in [0.25, 0.3) is 0 Å². The van der Waals surface area contributed by atoms with E-state index < -0.39 is 0 Å². The van der Waals surface area contributed by atoms with E-state index in [4.69, 9.17) is 4.42 Å². The molecule has 0 radical (unpaired) electrons. The lowest BCUT2D eigenvalue weighted by Gasteiger charge is -2.31. The lowest BCUT2D eigenvalue weighted by molar-refractivity contribution is 0.390. The van der Waals surface area contributed by atoms with E-state index in [0.717, 1.165) is 23.3 Å². The van der Waals surface area contributed by atoms with Crippen molar-refractivity contribution >= 4 is 11.8 Å². The maximum Gasteiger partial charge on any atom is 0.113 e. The topological polar surface area (TPSA) is 25.2 Å². The highest BCUT2D eigenvalue weighted by molar-refractivity contribution is 7.99. The van der Waals surface area contributed by atoms with Crippen LogP contribution in [-0.4, -0.2) is 17.8 Å². The summed E-state index contributed by atoms with van der Waals surface area (Å²) in [5.41, 5.74) is 0. The minimum absolute atomic E-state index is 0.707. The minimum atomic E-state index is 0.707. The highest BCUT2D eigenvalue weighted by Gasteiger charge is 2.24. The highest BCUT2D eigenvalue weighted by atomic mass is 32.2. The van der Waals surface area contributed by atoms with Crippen LogP contribution in [0, 0.1) is 0 Å².